The first-order chi connectivity index (χ1) is 11.3. The lowest BCUT2D eigenvalue weighted by atomic mass is 9.92. The molecule has 1 aromatic heterocycles. The molecule has 1 amide bonds. The average molecular weight is 327 g/mol. The van der Waals surface area contributed by atoms with E-state index < -0.39 is 5.60 Å². The van der Waals surface area contributed by atoms with Gasteiger partial charge < -0.3 is 9.67 Å². The molecule has 2 atom stereocenters. The van der Waals surface area contributed by atoms with Crippen molar-refractivity contribution in [3.05, 3.63) is 23.8 Å². The third-order valence-corrected chi connectivity index (χ3v) is 5.55. The van der Waals surface area contributed by atoms with E-state index >= 15 is 0 Å². The lowest BCUT2D eigenvalue weighted by molar-refractivity contribution is -0.118. The largest absolute Gasteiger partial charge is 0.390 e. The molecule has 4 rings (SSSR count). The van der Waals surface area contributed by atoms with Crippen molar-refractivity contribution in [1.29, 1.82) is 0 Å². The number of amides is 1. The van der Waals surface area contributed by atoms with Gasteiger partial charge in [-0.1, -0.05) is 6.07 Å². The summed E-state index contributed by atoms with van der Waals surface area (Å²) in [5, 5.41) is 13.1. The van der Waals surface area contributed by atoms with Gasteiger partial charge in [0.1, 0.15) is 0 Å². The number of carbonyl (C=O) groups is 1. The summed E-state index contributed by atoms with van der Waals surface area (Å²) in [4.78, 5) is 17.2. The summed E-state index contributed by atoms with van der Waals surface area (Å²) in [6.45, 7) is 5.63. The van der Waals surface area contributed by atoms with Crippen LogP contribution in [0.3, 0.4) is 0 Å². The minimum Gasteiger partial charge on any atom is -0.390 e. The smallest absolute Gasteiger partial charge is 0.230 e. The maximum atomic E-state index is 12.6. The number of benzene rings is 1. The Bertz CT molecular complexity index is 799. The van der Waals surface area contributed by atoms with Crippen LogP contribution in [0.25, 0.3) is 11.0 Å². The predicted octanol–water partition coefficient (Wildman–Crippen LogP) is 3.42. The van der Waals surface area contributed by atoms with Gasteiger partial charge in [-0.25, -0.2) is 4.98 Å². The fourth-order valence-electron chi connectivity index (χ4n) is 3.77. The molecule has 2 N–H and O–H groups in total. The van der Waals surface area contributed by atoms with Crippen LogP contribution in [0.15, 0.2) is 18.2 Å². The molecule has 0 radical (unpaired) electrons. The molecule has 5 nitrogen and oxygen atoms in total. The summed E-state index contributed by atoms with van der Waals surface area (Å²) in [6.07, 6.45) is 4.25. The monoisotopic (exact) mass is 327 g/mol. The second-order valence-corrected chi connectivity index (χ2v) is 7.97. The van der Waals surface area contributed by atoms with E-state index in [-0.39, 0.29) is 17.7 Å². The lowest BCUT2D eigenvalue weighted by Crippen LogP contribution is -2.27. The molecule has 2 aromatic rings. The molecular formula is C19H25N3O2. The summed E-state index contributed by atoms with van der Waals surface area (Å²) in [7, 11) is 0. The first-order valence-electron chi connectivity index (χ1n) is 8.86. The van der Waals surface area contributed by atoms with Gasteiger partial charge in [-0.15, -0.1) is 0 Å². The Morgan fingerprint density at radius 2 is 2.12 bits per heavy atom. The number of hydrogen-bond acceptors (Lipinski definition) is 3. The molecule has 2 aliphatic rings. The number of nitrogens with zero attached hydrogens (tertiary/aromatic N) is 2. The van der Waals surface area contributed by atoms with Gasteiger partial charge >= 0.3 is 0 Å². The molecule has 0 bridgehead atoms. The predicted molar refractivity (Wildman–Crippen MR) is 93.9 cm³/mol. The summed E-state index contributed by atoms with van der Waals surface area (Å²) in [5.41, 5.74) is 2.43. The van der Waals surface area contributed by atoms with Crippen molar-refractivity contribution >= 4 is 22.9 Å². The van der Waals surface area contributed by atoms with Crippen molar-refractivity contribution in [2.45, 2.75) is 58.1 Å². The fourth-order valence-corrected chi connectivity index (χ4v) is 3.77. The van der Waals surface area contributed by atoms with Crippen LogP contribution in [0, 0.1) is 18.8 Å². The highest BCUT2D eigenvalue weighted by Gasteiger charge is 2.51. The van der Waals surface area contributed by atoms with Gasteiger partial charge in [0.15, 0.2) is 0 Å². The number of carbonyl (C=O) groups excluding carboxylic acids is 1. The molecular weight excluding hydrogens is 302 g/mol. The fraction of sp³-hybridized carbons (Fsp3) is 0.579. The molecule has 2 aliphatic carbocycles. The number of aryl methyl sites for hydroxylation is 1. The number of rotatable bonds is 4. The topological polar surface area (TPSA) is 67.2 Å². The van der Waals surface area contributed by atoms with E-state index in [4.69, 9.17) is 0 Å². The quantitative estimate of drug-likeness (QED) is 0.904. The van der Waals surface area contributed by atoms with Crippen molar-refractivity contribution in [3.63, 3.8) is 0 Å². The molecule has 24 heavy (non-hydrogen) atoms. The van der Waals surface area contributed by atoms with Crippen molar-refractivity contribution < 1.29 is 9.90 Å². The SMILES string of the molecule is Cc1ccc2nc(NC(=O)[C@H]3C[C@@H]3C(C)(C)O)n(C3CCC3)c2c1. The summed E-state index contributed by atoms with van der Waals surface area (Å²) >= 11 is 0. The van der Waals surface area contributed by atoms with Crippen molar-refractivity contribution in [2.75, 3.05) is 5.32 Å². The van der Waals surface area contributed by atoms with Gasteiger partial charge in [-0.3, -0.25) is 10.1 Å². The van der Waals surface area contributed by atoms with E-state index in [0.29, 0.717) is 12.0 Å². The number of hydrogen-bond donors (Lipinski definition) is 2. The zero-order chi connectivity index (χ0) is 17.1. The molecule has 2 saturated carbocycles. The Balaban J connectivity index is 1.63. The van der Waals surface area contributed by atoms with Crippen LogP contribution in [0.1, 0.15) is 51.1 Å². The highest BCUT2D eigenvalue weighted by molar-refractivity contribution is 5.95. The van der Waals surface area contributed by atoms with Gasteiger partial charge in [0.25, 0.3) is 0 Å². The maximum Gasteiger partial charge on any atom is 0.230 e. The van der Waals surface area contributed by atoms with E-state index in [9.17, 15) is 9.90 Å². The Morgan fingerprint density at radius 1 is 1.38 bits per heavy atom. The lowest BCUT2D eigenvalue weighted by Gasteiger charge is -2.29. The van der Waals surface area contributed by atoms with E-state index in [0.717, 1.165) is 30.3 Å². The van der Waals surface area contributed by atoms with Crippen LogP contribution >= 0.6 is 0 Å². The molecule has 1 heterocycles. The molecule has 128 valence electrons. The molecule has 1 aromatic carbocycles. The normalized spacial score (nSPS) is 24.0. The number of nitrogens with one attached hydrogen (secondary N) is 1. The highest BCUT2D eigenvalue weighted by atomic mass is 16.3. The Labute approximate surface area is 142 Å². The molecule has 0 spiro atoms. The number of fused-ring (bicyclic) bond motifs is 1. The van der Waals surface area contributed by atoms with Crippen LogP contribution in [-0.2, 0) is 4.79 Å². The Kier molecular flexibility index (Phi) is 3.46. The minimum atomic E-state index is -0.798. The second-order valence-electron chi connectivity index (χ2n) is 7.97. The van der Waals surface area contributed by atoms with Crippen molar-refractivity contribution in [2.24, 2.45) is 11.8 Å². The number of aromatic nitrogens is 2. The standard InChI is InChI=1S/C19H25N3O2/c1-11-7-8-15-16(9-11)22(12-5-4-6-12)18(20-15)21-17(23)13-10-14(13)19(2,3)24/h7-9,12-14,24H,4-6,10H2,1-3H3,(H,20,21,23)/t13-,14-/m0/s1. The average Bonchev–Trinajstić information content (AvgIpc) is 3.19. The Morgan fingerprint density at radius 3 is 2.71 bits per heavy atom. The molecule has 2 fully saturated rings. The number of anilines is 1. The third-order valence-electron chi connectivity index (χ3n) is 5.55. The summed E-state index contributed by atoms with van der Waals surface area (Å²) in [6, 6.07) is 6.65. The zero-order valence-corrected chi connectivity index (χ0v) is 14.5. The molecule has 0 saturated heterocycles. The molecule has 0 aliphatic heterocycles. The van der Waals surface area contributed by atoms with E-state index in [1.165, 1.54) is 12.0 Å². The van der Waals surface area contributed by atoms with E-state index in [1.54, 1.807) is 13.8 Å². The first kappa shape index (κ1) is 15.6. The van der Waals surface area contributed by atoms with Gasteiger partial charge in [0, 0.05) is 12.0 Å². The van der Waals surface area contributed by atoms with Gasteiger partial charge in [0.2, 0.25) is 11.9 Å². The third kappa shape index (κ3) is 2.61. The number of aliphatic hydroxyl groups is 1. The van der Waals surface area contributed by atoms with Crippen LogP contribution in [0.2, 0.25) is 0 Å². The first-order valence-corrected chi connectivity index (χ1v) is 8.86. The summed E-state index contributed by atoms with van der Waals surface area (Å²) < 4.78 is 2.20. The molecule has 0 unspecified atom stereocenters. The highest BCUT2D eigenvalue weighted by Crippen LogP contribution is 2.47. The van der Waals surface area contributed by atoms with Crippen LogP contribution in [0.4, 0.5) is 5.95 Å². The van der Waals surface area contributed by atoms with Crippen molar-refractivity contribution in [1.82, 2.24) is 9.55 Å². The van der Waals surface area contributed by atoms with Crippen molar-refractivity contribution in [3.8, 4) is 0 Å². The van der Waals surface area contributed by atoms with Crippen LogP contribution in [-0.4, -0.2) is 26.2 Å². The summed E-state index contributed by atoms with van der Waals surface area (Å²) in [5.74, 6) is 0.573. The molecule has 5 heteroatoms. The van der Waals surface area contributed by atoms with Crippen LogP contribution < -0.4 is 5.32 Å². The van der Waals surface area contributed by atoms with Gasteiger partial charge in [-0.05, 0) is 70.1 Å². The second kappa shape index (κ2) is 5.31. The minimum absolute atomic E-state index is 0.0188. The Hall–Kier alpha value is -1.88. The number of imidazole rings is 1. The van der Waals surface area contributed by atoms with E-state index in [1.807, 2.05) is 6.07 Å². The van der Waals surface area contributed by atoms with Crippen LogP contribution in [0.5, 0.6) is 0 Å². The zero-order valence-electron chi connectivity index (χ0n) is 14.5. The van der Waals surface area contributed by atoms with E-state index in [2.05, 4.69) is 33.9 Å². The van der Waals surface area contributed by atoms with Gasteiger partial charge in [0.05, 0.1) is 16.6 Å². The van der Waals surface area contributed by atoms with Gasteiger partial charge in [-0.2, -0.15) is 0 Å². The maximum absolute atomic E-state index is 12.6.